The van der Waals surface area contributed by atoms with Crippen molar-refractivity contribution in [1.82, 2.24) is 0 Å². The first-order valence-electron chi connectivity index (χ1n) is 5.72. The number of benzene rings is 1. The zero-order valence-corrected chi connectivity index (χ0v) is 11.6. The minimum Gasteiger partial charge on any atom is -0.496 e. The molecule has 0 atom stereocenters. The van der Waals surface area contributed by atoms with Crippen LogP contribution in [-0.2, 0) is 4.74 Å². The van der Waals surface area contributed by atoms with Gasteiger partial charge in [-0.25, -0.2) is 4.79 Å². The van der Waals surface area contributed by atoms with E-state index < -0.39 is 16.5 Å². The van der Waals surface area contributed by atoms with E-state index in [1.165, 1.54) is 26.2 Å². The molecule has 0 amide bonds. The molecule has 6 nitrogen and oxygen atoms in total. The molecule has 0 spiro atoms. The number of nitro benzene ring substituents is 1. The summed E-state index contributed by atoms with van der Waals surface area (Å²) in [4.78, 5) is 22.4. The third kappa shape index (κ3) is 3.67. The lowest BCUT2D eigenvalue weighted by molar-refractivity contribution is -0.385. The minimum absolute atomic E-state index is 0.140. The van der Waals surface area contributed by atoms with Crippen LogP contribution in [0.5, 0.6) is 5.75 Å². The highest BCUT2D eigenvalue weighted by molar-refractivity contribution is 5.93. The summed E-state index contributed by atoms with van der Waals surface area (Å²) >= 11 is 0. The molecule has 1 rings (SSSR count). The van der Waals surface area contributed by atoms with Gasteiger partial charge < -0.3 is 9.47 Å². The highest BCUT2D eigenvalue weighted by atomic mass is 16.6. The number of ether oxygens (including phenoxy) is 2. The standard InChI is InChI=1S/C13H17NO5/c1-8-10(12(15)19-13(2,3)4)6-9(18-5)7-11(8)14(16)17/h6-7H,1-5H3. The second kappa shape index (κ2) is 5.26. The summed E-state index contributed by atoms with van der Waals surface area (Å²) in [6.07, 6.45) is 0. The maximum atomic E-state index is 12.0. The van der Waals surface area contributed by atoms with Crippen molar-refractivity contribution in [2.75, 3.05) is 7.11 Å². The Hall–Kier alpha value is -2.11. The predicted octanol–water partition coefficient (Wildman–Crippen LogP) is 2.87. The summed E-state index contributed by atoms with van der Waals surface area (Å²) in [5.41, 5.74) is -0.428. The Labute approximate surface area is 111 Å². The largest absolute Gasteiger partial charge is 0.496 e. The van der Waals surface area contributed by atoms with E-state index in [0.717, 1.165) is 0 Å². The maximum Gasteiger partial charge on any atom is 0.339 e. The molecular weight excluding hydrogens is 250 g/mol. The summed E-state index contributed by atoms with van der Waals surface area (Å²) in [7, 11) is 1.38. The van der Waals surface area contributed by atoms with E-state index in [1.54, 1.807) is 20.8 Å². The molecule has 6 heteroatoms. The number of nitrogens with zero attached hydrogens (tertiary/aromatic N) is 1. The van der Waals surface area contributed by atoms with Gasteiger partial charge in [-0.3, -0.25) is 10.1 Å². The lowest BCUT2D eigenvalue weighted by Crippen LogP contribution is -2.24. The number of hydrogen-bond acceptors (Lipinski definition) is 5. The van der Waals surface area contributed by atoms with Crippen molar-refractivity contribution < 1.29 is 19.2 Å². The monoisotopic (exact) mass is 267 g/mol. The fourth-order valence-corrected chi connectivity index (χ4v) is 1.53. The van der Waals surface area contributed by atoms with Gasteiger partial charge in [-0.1, -0.05) is 0 Å². The van der Waals surface area contributed by atoms with Crippen molar-refractivity contribution in [3.8, 4) is 5.75 Å². The first-order chi connectivity index (χ1) is 8.65. The topological polar surface area (TPSA) is 78.7 Å². The Balaban J connectivity index is 3.30. The number of esters is 1. The summed E-state index contributed by atoms with van der Waals surface area (Å²) in [6, 6.07) is 2.72. The Kier molecular flexibility index (Phi) is 4.14. The molecule has 0 aliphatic heterocycles. The molecule has 0 saturated heterocycles. The van der Waals surface area contributed by atoms with Gasteiger partial charge in [0.15, 0.2) is 0 Å². The second-order valence-electron chi connectivity index (χ2n) is 5.08. The number of rotatable bonds is 3. The highest BCUT2D eigenvalue weighted by Gasteiger charge is 2.25. The first kappa shape index (κ1) is 14.9. The van der Waals surface area contributed by atoms with Crippen LogP contribution in [0.25, 0.3) is 0 Å². The van der Waals surface area contributed by atoms with Gasteiger partial charge in [-0.05, 0) is 33.8 Å². The van der Waals surface area contributed by atoms with E-state index in [4.69, 9.17) is 9.47 Å². The SMILES string of the molecule is COc1cc(C(=O)OC(C)(C)C)c(C)c([N+](=O)[O-])c1. The summed E-state index contributed by atoms with van der Waals surface area (Å²) < 4.78 is 10.2. The van der Waals surface area contributed by atoms with Crippen molar-refractivity contribution >= 4 is 11.7 Å². The van der Waals surface area contributed by atoms with Crippen LogP contribution in [0.15, 0.2) is 12.1 Å². The van der Waals surface area contributed by atoms with Crippen LogP contribution < -0.4 is 4.74 Å². The van der Waals surface area contributed by atoms with Crippen LogP contribution in [0.3, 0.4) is 0 Å². The molecule has 104 valence electrons. The third-order valence-corrected chi connectivity index (χ3v) is 2.40. The predicted molar refractivity (Wildman–Crippen MR) is 69.6 cm³/mol. The summed E-state index contributed by atoms with van der Waals surface area (Å²) in [6.45, 7) is 6.70. The number of carbonyl (C=O) groups excluding carboxylic acids is 1. The smallest absolute Gasteiger partial charge is 0.339 e. The van der Waals surface area contributed by atoms with Crippen molar-refractivity contribution in [3.05, 3.63) is 33.4 Å². The molecule has 19 heavy (non-hydrogen) atoms. The number of nitro groups is 1. The normalized spacial score (nSPS) is 11.0. The number of hydrogen-bond donors (Lipinski definition) is 0. The summed E-state index contributed by atoms with van der Waals surface area (Å²) in [5.74, 6) is -0.356. The van der Waals surface area contributed by atoms with E-state index in [1.807, 2.05) is 0 Å². The molecule has 0 radical (unpaired) electrons. The van der Waals surface area contributed by atoms with Gasteiger partial charge in [-0.2, -0.15) is 0 Å². The molecule has 0 N–H and O–H groups in total. The fraction of sp³-hybridized carbons (Fsp3) is 0.462. The van der Waals surface area contributed by atoms with Crippen LogP contribution in [0.2, 0.25) is 0 Å². The minimum atomic E-state index is -0.665. The fourth-order valence-electron chi connectivity index (χ4n) is 1.53. The van der Waals surface area contributed by atoms with Gasteiger partial charge in [0.2, 0.25) is 0 Å². The van der Waals surface area contributed by atoms with Crippen LogP contribution in [-0.4, -0.2) is 23.6 Å². The van der Waals surface area contributed by atoms with Gasteiger partial charge in [0, 0.05) is 5.56 Å². The Bertz CT molecular complexity index is 517. The average Bonchev–Trinajstić information content (AvgIpc) is 2.26. The maximum absolute atomic E-state index is 12.0. The van der Waals surface area contributed by atoms with Crippen molar-refractivity contribution in [1.29, 1.82) is 0 Å². The van der Waals surface area contributed by atoms with Crippen molar-refractivity contribution in [2.45, 2.75) is 33.3 Å². The molecule has 0 aliphatic carbocycles. The zero-order valence-electron chi connectivity index (χ0n) is 11.6. The van der Waals surface area contributed by atoms with E-state index in [-0.39, 0.29) is 22.6 Å². The van der Waals surface area contributed by atoms with E-state index in [0.29, 0.717) is 0 Å². The van der Waals surface area contributed by atoms with Crippen LogP contribution in [0.4, 0.5) is 5.69 Å². The molecule has 1 aromatic carbocycles. The third-order valence-electron chi connectivity index (χ3n) is 2.40. The van der Waals surface area contributed by atoms with Crippen molar-refractivity contribution in [2.24, 2.45) is 0 Å². The molecule has 0 bridgehead atoms. The Morgan fingerprint density at radius 3 is 2.32 bits per heavy atom. The molecule has 1 aromatic rings. The van der Waals surface area contributed by atoms with E-state index in [9.17, 15) is 14.9 Å². The van der Waals surface area contributed by atoms with E-state index >= 15 is 0 Å². The highest BCUT2D eigenvalue weighted by Crippen LogP contribution is 2.29. The molecule has 0 aromatic heterocycles. The average molecular weight is 267 g/mol. The summed E-state index contributed by atoms with van der Waals surface area (Å²) in [5, 5.41) is 10.9. The van der Waals surface area contributed by atoms with Gasteiger partial charge >= 0.3 is 5.97 Å². The number of methoxy groups -OCH3 is 1. The molecular formula is C13H17NO5. The second-order valence-corrected chi connectivity index (χ2v) is 5.08. The van der Waals surface area contributed by atoms with Crippen molar-refractivity contribution in [3.63, 3.8) is 0 Å². The quantitative estimate of drug-likeness (QED) is 0.478. The van der Waals surface area contributed by atoms with E-state index in [2.05, 4.69) is 0 Å². The molecule has 0 aliphatic rings. The van der Waals surface area contributed by atoms with Gasteiger partial charge in [0.25, 0.3) is 5.69 Å². The molecule has 0 unspecified atom stereocenters. The first-order valence-corrected chi connectivity index (χ1v) is 5.72. The molecule has 0 heterocycles. The van der Waals surface area contributed by atoms with Crippen LogP contribution in [0.1, 0.15) is 36.7 Å². The Morgan fingerprint density at radius 1 is 1.32 bits per heavy atom. The number of carbonyl (C=O) groups is 1. The van der Waals surface area contributed by atoms with Gasteiger partial charge in [0.05, 0.1) is 23.7 Å². The molecule has 0 fully saturated rings. The zero-order chi connectivity index (χ0) is 14.8. The lowest BCUT2D eigenvalue weighted by Gasteiger charge is -2.20. The molecule has 0 saturated carbocycles. The van der Waals surface area contributed by atoms with Gasteiger partial charge in [-0.15, -0.1) is 0 Å². The Morgan fingerprint density at radius 2 is 1.89 bits per heavy atom. The van der Waals surface area contributed by atoms with Crippen LogP contribution >= 0.6 is 0 Å². The lowest BCUT2D eigenvalue weighted by atomic mass is 10.1. The van der Waals surface area contributed by atoms with Crippen LogP contribution in [0, 0.1) is 17.0 Å². The van der Waals surface area contributed by atoms with Gasteiger partial charge in [0.1, 0.15) is 11.4 Å².